The van der Waals surface area contributed by atoms with Gasteiger partial charge in [0, 0.05) is 22.9 Å². The van der Waals surface area contributed by atoms with Crippen molar-refractivity contribution in [3.05, 3.63) is 71.3 Å². The lowest BCUT2D eigenvalue weighted by molar-refractivity contribution is -0.131. The number of halogens is 1. The van der Waals surface area contributed by atoms with E-state index in [1.807, 2.05) is 37.3 Å². The normalized spacial score (nSPS) is 16.1. The largest absolute Gasteiger partial charge is 0.478 e. The highest BCUT2D eigenvalue weighted by Crippen LogP contribution is 2.34. The zero-order valence-electron chi connectivity index (χ0n) is 14.4. The number of fused-ring (bicyclic) bond motifs is 1. The quantitative estimate of drug-likeness (QED) is 0.786. The van der Waals surface area contributed by atoms with E-state index in [4.69, 9.17) is 16.7 Å². The zero-order chi connectivity index (χ0) is 19.4. The van der Waals surface area contributed by atoms with Crippen molar-refractivity contribution in [2.24, 2.45) is 9.98 Å². The molecule has 27 heavy (non-hydrogen) atoms. The third-order valence-corrected chi connectivity index (χ3v) is 4.19. The Labute approximate surface area is 160 Å². The zero-order valence-corrected chi connectivity index (χ0v) is 15.1. The van der Waals surface area contributed by atoms with Crippen molar-refractivity contribution in [3.8, 4) is 0 Å². The van der Waals surface area contributed by atoms with Crippen LogP contribution in [0.4, 0.5) is 11.4 Å². The second kappa shape index (κ2) is 7.97. The average molecular weight is 382 g/mol. The lowest BCUT2D eigenvalue weighted by Gasteiger charge is -2.19. The number of carbonyl (C=O) groups excluding carboxylic acids is 1. The van der Waals surface area contributed by atoms with Gasteiger partial charge in [-0.1, -0.05) is 35.9 Å². The number of hydrogen-bond donors (Lipinski definition) is 2. The highest BCUT2D eigenvalue weighted by Gasteiger charge is 2.26. The minimum atomic E-state index is -1.20. The van der Waals surface area contributed by atoms with Gasteiger partial charge < -0.3 is 10.4 Å². The monoisotopic (exact) mass is 381 g/mol. The topological polar surface area (TPSA) is 91.1 Å². The minimum absolute atomic E-state index is 0.364. The van der Waals surface area contributed by atoms with Crippen LogP contribution in [-0.4, -0.2) is 28.5 Å². The Kier molecular flexibility index (Phi) is 5.47. The van der Waals surface area contributed by atoms with E-state index in [1.165, 1.54) is 0 Å². The molecule has 3 rings (SSSR count). The average Bonchev–Trinajstić information content (AvgIpc) is 2.76. The fraction of sp³-hybridized carbons (Fsp3) is 0.100. The van der Waals surface area contributed by atoms with E-state index in [1.54, 1.807) is 18.2 Å². The molecule has 0 saturated carbocycles. The number of amidine groups is 1. The lowest BCUT2D eigenvalue weighted by Crippen LogP contribution is -2.36. The molecule has 0 bridgehead atoms. The first-order chi connectivity index (χ1) is 12.9. The second-order valence-electron chi connectivity index (χ2n) is 5.88. The molecule has 2 aromatic carbocycles. The molecule has 6 nitrogen and oxygen atoms in total. The van der Waals surface area contributed by atoms with Gasteiger partial charge in [0.25, 0.3) is 0 Å². The maximum absolute atomic E-state index is 12.2. The van der Waals surface area contributed by atoms with E-state index >= 15 is 0 Å². The maximum Gasteiger partial charge on any atom is 0.328 e. The van der Waals surface area contributed by atoms with Gasteiger partial charge in [0.15, 0.2) is 0 Å². The molecular formula is C20H16ClN3O3. The third kappa shape index (κ3) is 4.48. The van der Waals surface area contributed by atoms with Crippen LogP contribution in [0.3, 0.4) is 0 Å². The lowest BCUT2D eigenvalue weighted by atomic mass is 9.93. The summed E-state index contributed by atoms with van der Waals surface area (Å²) in [6, 6.07) is 14.5. The summed E-state index contributed by atoms with van der Waals surface area (Å²) < 4.78 is 0. The Morgan fingerprint density at radius 1 is 1.04 bits per heavy atom. The van der Waals surface area contributed by atoms with Crippen LogP contribution in [-0.2, 0) is 9.59 Å². The van der Waals surface area contributed by atoms with Crippen LogP contribution in [0.25, 0.3) is 0 Å². The van der Waals surface area contributed by atoms with Crippen LogP contribution in [0, 0.1) is 0 Å². The smallest absolute Gasteiger partial charge is 0.328 e. The van der Waals surface area contributed by atoms with Crippen LogP contribution in [0.5, 0.6) is 0 Å². The number of nitrogens with one attached hydrogen (secondary N) is 1. The Balaban J connectivity index is 2.06. The SMILES string of the molecule is CC1=Nc2ccccc2N=C(NC(=O)/C=C/C(=O)O)[C@@H]1c1ccc(Cl)cc1. The molecule has 7 heteroatoms. The standard InChI is InChI=1S/C20H16ClN3O3/c1-12-19(13-6-8-14(21)9-7-13)20(24-17(25)10-11-18(26)27)23-16-5-3-2-4-15(16)22-12/h2-11,19H,1H3,(H,26,27)(H,23,24,25)/b11-10+/t19-/m0/s1. The first-order valence-electron chi connectivity index (χ1n) is 8.14. The highest BCUT2D eigenvalue weighted by atomic mass is 35.5. The first kappa shape index (κ1) is 18.5. The van der Waals surface area contributed by atoms with Gasteiger partial charge in [-0.25, -0.2) is 9.79 Å². The van der Waals surface area contributed by atoms with E-state index < -0.39 is 17.8 Å². The van der Waals surface area contributed by atoms with Crippen molar-refractivity contribution in [2.45, 2.75) is 12.8 Å². The Morgan fingerprint density at radius 3 is 2.30 bits per heavy atom. The molecule has 136 valence electrons. The molecule has 2 aromatic rings. The molecule has 1 aliphatic heterocycles. The van der Waals surface area contributed by atoms with Gasteiger partial charge >= 0.3 is 5.97 Å². The molecule has 1 amide bonds. The molecule has 0 radical (unpaired) electrons. The van der Waals surface area contributed by atoms with Gasteiger partial charge in [-0.15, -0.1) is 0 Å². The van der Waals surface area contributed by atoms with Crippen LogP contribution < -0.4 is 5.32 Å². The number of carbonyl (C=O) groups is 2. The van der Waals surface area contributed by atoms with E-state index in [9.17, 15) is 9.59 Å². The predicted molar refractivity (Wildman–Crippen MR) is 105 cm³/mol. The molecule has 0 saturated heterocycles. The molecule has 0 aromatic heterocycles. The number of hydrogen-bond acceptors (Lipinski definition) is 4. The number of aliphatic carboxylic acids is 1. The van der Waals surface area contributed by atoms with Crippen molar-refractivity contribution >= 4 is 46.4 Å². The Morgan fingerprint density at radius 2 is 1.67 bits per heavy atom. The van der Waals surface area contributed by atoms with E-state index in [2.05, 4.69) is 15.3 Å². The fourth-order valence-electron chi connectivity index (χ4n) is 2.77. The molecule has 0 spiro atoms. The number of benzene rings is 2. The van der Waals surface area contributed by atoms with Gasteiger partial charge in [-0.05, 0) is 36.8 Å². The van der Waals surface area contributed by atoms with Crippen molar-refractivity contribution in [3.63, 3.8) is 0 Å². The summed E-state index contributed by atoms with van der Waals surface area (Å²) in [6.45, 7) is 1.86. The summed E-state index contributed by atoms with van der Waals surface area (Å²) in [7, 11) is 0. The van der Waals surface area contributed by atoms with E-state index in [-0.39, 0.29) is 0 Å². The maximum atomic E-state index is 12.2. The van der Waals surface area contributed by atoms with Crippen molar-refractivity contribution in [1.29, 1.82) is 0 Å². The number of rotatable bonds is 3. The molecule has 0 aliphatic carbocycles. The van der Waals surface area contributed by atoms with Gasteiger partial charge in [-0.3, -0.25) is 9.79 Å². The molecule has 0 fully saturated rings. The number of nitrogens with zero attached hydrogens (tertiary/aromatic N) is 2. The summed E-state index contributed by atoms with van der Waals surface area (Å²) in [5.41, 5.74) is 2.91. The summed E-state index contributed by atoms with van der Waals surface area (Å²) in [4.78, 5) is 32.1. The molecular weight excluding hydrogens is 366 g/mol. The molecule has 0 unspecified atom stereocenters. The summed E-state index contributed by atoms with van der Waals surface area (Å²) in [5, 5.41) is 12.0. The van der Waals surface area contributed by atoms with Gasteiger partial charge in [0.2, 0.25) is 5.91 Å². The van der Waals surface area contributed by atoms with E-state index in [0.717, 1.165) is 23.4 Å². The van der Waals surface area contributed by atoms with Crippen LogP contribution in [0.2, 0.25) is 5.02 Å². The Hall–Kier alpha value is -3.25. The first-order valence-corrected chi connectivity index (χ1v) is 8.52. The molecule has 1 heterocycles. The molecule has 1 atom stereocenters. The summed E-state index contributed by atoms with van der Waals surface area (Å²) in [5.74, 6) is -1.83. The number of amides is 1. The predicted octanol–water partition coefficient (Wildman–Crippen LogP) is 4.02. The highest BCUT2D eigenvalue weighted by molar-refractivity contribution is 6.30. The number of aliphatic imine (C=N–C) groups is 2. The van der Waals surface area contributed by atoms with E-state index in [0.29, 0.717) is 22.2 Å². The van der Waals surface area contributed by atoms with Gasteiger partial charge in [-0.2, -0.15) is 0 Å². The number of para-hydroxylation sites is 2. The van der Waals surface area contributed by atoms with Crippen molar-refractivity contribution in [2.75, 3.05) is 0 Å². The van der Waals surface area contributed by atoms with Gasteiger partial charge in [0.05, 0.1) is 17.3 Å². The van der Waals surface area contributed by atoms with Crippen molar-refractivity contribution in [1.82, 2.24) is 5.32 Å². The van der Waals surface area contributed by atoms with Gasteiger partial charge in [0.1, 0.15) is 5.84 Å². The Bertz CT molecular complexity index is 978. The summed E-state index contributed by atoms with van der Waals surface area (Å²) >= 11 is 5.99. The van der Waals surface area contributed by atoms with Crippen molar-refractivity contribution < 1.29 is 14.7 Å². The van der Waals surface area contributed by atoms with Crippen LogP contribution >= 0.6 is 11.6 Å². The van der Waals surface area contributed by atoms with Crippen LogP contribution in [0.15, 0.2) is 70.7 Å². The fourth-order valence-corrected chi connectivity index (χ4v) is 2.90. The molecule has 1 aliphatic rings. The number of carboxylic acid groups (broad SMARTS) is 1. The summed E-state index contributed by atoms with van der Waals surface area (Å²) in [6.07, 6.45) is 1.73. The second-order valence-corrected chi connectivity index (χ2v) is 6.32. The number of carboxylic acids is 1. The minimum Gasteiger partial charge on any atom is -0.478 e. The van der Waals surface area contributed by atoms with Crippen LogP contribution in [0.1, 0.15) is 18.4 Å². The molecule has 2 N–H and O–H groups in total. The third-order valence-electron chi connectivity index (χ3n) is 3.94.